The number of likely N-dealkylation sites (N-methyl/N-ethyl adjacent to an activating group) is 1. The zero-order valence-electron chi connectivity index (χ0n) is 27.9. The molecule has 0 aromatic carbocycles. The SMILES string of the molecule is CC1CCN(C(=N)N(C)C)C1.CC1CCN(C(N)=NN)C1.CCCN1CCN(N)C1=N.CCCN1CC[N+](C)(C)C1=N. The average molecular weight is 596 g/mol. The van der Waals surface area contributed by atoms with E-state index in [-0.39, 0.29) is 0 Å². The molecule has 0 saturated carbocycles. The van der Waals surface area contributed by atoms with Gasteiger partial charge < -0.3 is 36.1 Å². The normalized spacial score (nSPS) is 23.3. The number of likely N-dealkylation sites (tertiary alicyclic amines) is 2. The summed E-state index contributed by atoms with van der Waals surface area (Å²) in [4.78, 5) is 10.1. The molecule has 4 saturated heterocycles. The number of nitrogens with zero attached hydrogens (tertiary/aromatic N) is 8. The quantitative estimate of drug-likeness (QED) is 0.0904. The predicted octanol–water partition coefficient (Wildman–Crippen LogP) is 0.887. The van der Waals surface area contributed by atoms with Crippen molar-refractivity contribution in [2.24, 2.45) is 34.4 Å². The second kappa shape index (κ2) is 17.8. The van der Waals surface area contributed by atoms with Gasteiger partial charge in [0.1, 0.15) is 6.54 Å². The summed E-state index contributed by atoms with van der Waals surface area (Å²) in [6.07, 6.45) is 4.64. The van der Waals surface area contributed by atoms with Crippen molar-refractivity contribution in [3.8, 4) is 0 Å². The minimum atomic E-state index is 0.460. The fourth-order valence-electron chi connectivity index (χ4n) is 5.20. The van der Waals surface area contributed by atoms with Gasteiger partial charge in [-0.3, -0.25) is 20.3 Å². The van der Waals surface area contributed by atoms with Gasteiger partial charge in [0.15, 0.2) is 5.96 Å². The van der Waals surface area contributed by atoms with Crippen LogP contribution in [0.5, 0.6) is 0 Å². The molecule has 9 N–H and O–H groups in total. The Kier molecular flexibility index (Phi) is 15.7. The first-order valence-corrected chi connectivity index (χ1v) is 15.5. The van der Waals surface area contributed by atoms with Crippen LogP contribution in [0.4, 0.5) is 0 Å². The molecule has 0 spiro atoms. The maximum atomic E-state index is 7.81. The van der Waals surface area contributed by atoms with Crippen LogP contribution in [-0.2, 0) is 0 Å². The Morgan fingerprint density at radius 2 is 1.43 bits per heavy atom. The van der Waals surface area contributed by atoms with Gasteiger partial charge in [0.05, 0.1) is 27.2 Å². The third-order valence-electron chi connectivity index (χ3n) is 8.00. The molecular formula is C28H63N14+. The number of hydrogen-bond acceptors (Lipinski definition) is 6. The van der Waals surface area contributed by atoms with E-state index in [1.54, 1.807) is 0 Å². The molecule has 2 atom stereocenters. The topological polar surface area (TPSA) is 181 Å². The fourth-order valence-corrected chi connectivity index (χ4v) is 5.20. The van der Waals surface area contributed by atoms with Gasteiger partial charge in [0.25, 0.3) is 5.96 Å². The Balaban J connectivity index is 0.000000280. The summed E-state index contributed by atoms with van der Waals surface area (Å²) in [5.41, 5.74) is 5.49. The molecule has 4 fully saturated rings. The van der Waals surface area contributed by atoms with Crippen LogP contribution in [0, 0.1) is 28.1 Å². The molecule has 4 aliphatic rings. The van der Waals surface area contributed by atoms with Gasteiger partial charge in [-0.25, -0.2) is 11.3 Å². The van der Waals surface area contributed by atoms with E-state index < -0.39 is 0 Å². The van der Waals surface area contributed by atoms with E-state index in [9.17, 15) is 0 Å². The lowest BCUT2D eigenvalue weighted by atomic mass is 10.2. The van der Waals surface area contributed by atoms with E-state index in [2.05, 4.69) is 56.7 Å². The molecule has 4 heterocycles. The Bertz CT molecular complexity index is 871. The number of nitrogens with one attached hydrogen (secondary N) is 3. The Morgan fingerprint density at radius 3 is 1.79 bits per heavy atom. The number of hydrazine groups is 1. The molecule has 4 rings (SSSR count). The van der Waals surface area contributed by atoms with Crippen molar-refractivity contribution in [2.75, 3.05) is 93.6 Å². The van der Waals surface area contributed by atoms with E-state index >= 15 is 0 Å². The van der Waals surface area contributed by atoms with Crippen molar-refractivity contribution in [1.82, 2.24) is 29.5 Å². The Hall–Kier alpha value is -3.00. The highest BCUT2D eigenvalue weighted by Crippen LogP contribution is 2.15. The zero-order chi connectivity index (χ0) is 32.0. The van der Waals surface area contributed by atoms with Crippen molar-refractivity contribution in [3.63, 3.8) is 0 Å². The van der Waals surface area contributed by atoms with E-state index in [0.29, 0.717) is 17.9 Å². The van der Waals surface area contributed by atoms with Crippen LogP contribution in [0.25, 0.3) is 0 Å². The molecule has 14 nitrogen and oxygen atoms in total. The predicted molar refractivity (Wildman–Crippen MR) is 175 cm³/mol. The van der Waals surface area contributed by atoms with E-state index in [1.807, 2.05) is 28.8 Å². The van der Waals surface area contributed by atoms with Crippen LogP contribution >= 0.6 is 0 Å². The van der Waals surface area contributed by atoms with E-state index in [0.717, 1.165) is 101 Å². The Morgan fingerprint density at radius 1 is 0.905 bits per heavy atom. The molecule has 0 bridgehead atoms. The highest BCUT2D eigenvalue weighted by Gasteiger charge is 2.35. The van der Waals surface area contributed by atoms with Crippen LogP contribution in [0.3, 0.4) is 0 Å². The lowest BCUT2D eigenvalue weighted by molar-refractivity contribution is -0.792. The number of rotatable bonds is 4. The largest absolute Gasteiger partial charge is 0.368 e. The monoisotopic (exact) mass is 596 g/mol. The smallest absolute Gasteiger partial charge is 0.297 e. The Labute approximate surface area is 255 Å². The summed E-state index contributed by atoms with van der Waals surface area (Å²) in [6, 6.07) is 0. The van der Waals surface area contributed by atoms with Crippen molar-refractivity contribution in [1.29, 1.82) is 16.2 Å². The number of hydrogen-bond donors (Lipinski definition) is 6. The van der Waals surface area contributed by atoms with Gasteiger partial charge in [0, 0.05) is 59.9 Å². The minimum Gasteiger partial charge on any atom is -0.368 e. The van der Waals surface area contributed by atoms with Gasteiger partial charge in [-0.2, -0.15) is 0 Å². The first kappa shape index (κ1) is 37.0. The number of nitrogens with two attached hydrogens (primary N) is 3. The van der Waals surface area contributed by atoms with Gasteiger partial charge >= 0.3 is 0 Å². The number of quaternary nitrogens is 1. The second-order valence-corrected chi connectivity index (χ2v) is 12.6. The molecule has 0 aromatic heterocycles. The molecule has 42 heavy (non-hydrogen) atoms. The summed E-state index contributed by atoms with van der Waals surface area (Å²) in [7, 11) is 8.03. The van der Waals surface area contributed by atoms with Gasteiger partial charge in [0.2, 0.25) is 11.9 Å². The van der Waals surface area contributed by atoms with Gasteiger partial charge in [-0.05, 0) is 37.5 Å². The minimum absolute atomic E-state index is 0.460. The molecule has 0 amide bonds. The molecule has 0 radical (unpaired) electrons. The van der Waals surface area contributed by atoms with Crippen molar-refractivity contribution in [3.05, 3.63) is 0 Å². The summed E-state index contributed by atoms with van der Waals surface area (Å²) in [6.45, 7) is 18.6. The molecule has 4 aliphatic heterocycles. The van der Waals surface area contributed by atoms with Crippen LogP contribution < -0.4 is 17.4 Å². The molecule has 14 heteroatoms. The van der Waals surface area contributed by atoms with Crippen molar-refractivity contribution >= 4 is 23.8 Å². The van der Waals surface area contributed by atoms with Crippen LogP contribution in [0.2, 0.25) is 0 Å². The average Bonchev–Trinajstić information content (AvgIpc) is 3.72. The lowest BCUT2D eigenvalue weighted by Crippen LogP contribution is -2.44. The first-order chi connectivity index (χ1) is 19.7. The van der Waals surface area contributed by atoms with E-state index in [1.165, 1.54) is 17.9 Å². The lowest BCUT2D eigenvalue weighted by Gasteiger charge is -2.24. The van der Waals surface area contributed by atoms with Crippen molar-refractivity contribution in [2.45, 2.75) is 53.4 Å². The summed E-state index contributed by atoms with van der Waals surface area (Å²) < 4.78 is 0.750. The summed E-state index contributed by atoms with van der Waals surface area (Å²) in [5.74, 6) is 14.3. The van der Waals surface area contributed by atoms with Crippen LogP contribution in [-0.4, -0.2) is 151 Å². The first-order valence-electron chi connectivity index (χ1n) is 15.5. The summed E-state index contributed by atoms with van der Waals surface area (Å²) in [5, 5.41) is 27.8. The molecule has 0 aromatic rings. The maximum Gasteiger partial charge on any atom is 0.297 e. The molecule has 0 aliphatic carbocycles. The number of hydrazone groups is 1. The van der Waals surface area contributed by atoms with Crippen molar-refractivity contribution < 1.29 is 4.48 Å². The van der Waals surface area contributed by atoms with E-state index in [4.69, 9.17) is 33.6 Å². The third-order valence-corrected chi connectivity index (χ3v) is 8.00. The fraction of sp³-hybridized carbons (Fsp3) is 0.857. The van der Waals surface area contributed by atoms with Crippen LogP contribution in [0.15, 0.2) is 5.10 Å². The van der Waals surface area contributed by atoms with Crippen LogP contribution in [0.1, 0.15) is 53.4 Å². The highest BCUT2D eigenvalue weighted by atomic mass is 15.5. The third kappa shape index (κ3) is 11.7. The second-order valence-electron chi connectivity index (χ2n) is 12.6. The highest BCUT2D eigenvalue weighted by molar-refractivity contribution is 5.78. The maximum absolute atomic E-state index is 7.81. The van der Waals surface area contributed by atoms with Gasteiger partial charge in [-0.15, -0.1) is 5.10 Å². The summed E-state index contributed by atoms with van der Waals surface area (Å²) >= 11 is 0. The molecular weight excluding hydrogens is 532 g/mol. The molecule has 244 valence electrons. The standard InChI is InChI=1S/C8H17N3.C8H18N3.2C6H14N4/c1-7-4-5-11(6-7)8(9)10(2)3;1-4-5-10-6-7-11(2,3)8(10)9;1-5-2-3-10(4-5)6(7)9-8;1-2-3-9-4-5-10(8)6(9)7/h7,9H,4-6H2,1-3H3;9H,4-7H2,1-3H3;5H,2-4,8H2,1H3,(H2,7,9);7H,2-5,8H2,1H3/q;+1;;. The van der Waals surface area contributed by atoms with Gasteiger partial charge in [-0.1, -0.05) is 27.7 Å². The molecule has 2 unspecified atom stereocenters. The zero-order valence-corrected chi connectivity index (χ0v) is 27.9. The number of guanidine groups is 4.